The van der Waals surface area contributed by atoms with Gasteiger partial charge in [0.2, 0.25) is 0 Å². The van der Waals surface area contributed by atoms with Gasteiger partial charge in [-0.3, -0.25) is 10.00 Å². The molecule has 1 saturated heterocycles. The fourth-order valence-corrected chi connectivity index (χ4v) is 2.29. The van der Waals surface area contributed by atoms with E-state index in [4.69, 9.17) is 0 Å². The first kappa shape index (κ1) is 10.6. The molecule has 0 saturated carbocycles. The van der Waals surface area contributed by atoms with Gasteiger partial charge in [-0.15, -0.1) is 0 Å². The van der Waals surface area contributed by atoms with Gasteiger partial charge in [-0.2, -0.15) is 5.10 Å². The summed E-state index contributed by atoms with van der Waals surface area (Å²) in [6, 6.07) is 0. The van der Waals surface area contributed by atoms with Gasteiger partial charge in [0.05, 0.1) is 6.20 Å². The van der Waals surface area contributed by atoms with Crippen LogP contribution in [0.3, 0.4) is 0 Å². The summed E-state index contributed by atoms with van der Waals surface area (Å²) in [5, 5.41) is 10.3. The summed E-state index contributed by atoms with van der Waals surface area (Å²) in [5.41, 5.74) is 2.53. The molecule has 1 atom stereocenters. The SMILES string of the molecule is CNCC1CCN(Cc2cn[nH]c2C)C1. The number of aromatic amines is 1. The third-order valence-electron chi connectivity index (χ3n) is 3.19. The minimum absolute atomic E-state index is 0.821. The largest absolute Gasteiger partial charge is 0.319 e. The van der Waals surface area contributed by atoms with E-state index in [0.29, 0.717) is 0 Å². The van der Waals surface area contributed by atoms with Gasteiger partial charge in [-0.05, 0) is 39.4 Å². The van der Waals surface area contributed by atoms with E-state index in [1.807, 2.05) is 13.2 Å². The lowest BCUT2D eigenvalue weighted by molar-refractivity contribution is 0.315. The molecule has 0 bridgehead atoms. The van der Waals surface area contributed by atoms with Crippen LogP contribution in [0, 0.1) is 12.8 Å². The van der Waals surface area contributed by atoms with Crippen molar-refractivity contribution in [1.29, 1.82) is 0 Å². The Labute approximate surface area is 91.1 Å². The lowest BCUT2D eigenvalue weighted by Gasteiger charge is -2.15. The number of aryl methyl sites for hydroxylation is 1. The van der Waals surface area contributed by atoms with Crippen molar-refractivity contribution in [3.05, 3.63) is 17.5 Å². The summed E-state index contributed by atoms with van der Waals surface area (Å²) in [6.07, 6.45) is 3.26. The number of hydrogen-bond acceptors (Lipinski definition) is 3. The van der Waals surface area contributed by atoms with Crippen molar-refractivity contribution in [3.63, 3.8) is 0 Å². The van der Waals surface area contributed by atoms with Gasteiger partial charge in [0.25, 0.3) is 0 Å². The Morgan fingerprint density at radius 1 is 1.67 bits per heavy atom. The molecule has 1 aromatic rings. The number of H-pyrrole nitrogens is 1. The Morgan fingerprint density at radius 2 is 2.53 bits per heavy atom. The Balaban J connectivity index is 1.85. The van der Waals surface area contributed by atoms with Crippen molar-refractivity contribution >= 4 is 0 Å². The second-order valence-corrected chi connectivity index (χ2v) is 4.47. The minimum Gasteiger partial charge on any atom is -0.319 e. The van der Waals surface area contributed by atoms with E-state index in [9.17, 15) is 0 Å². The number of aromatic nitrogens is 2. The average Bonchev–Trinajstić information content (AvgIpc) is 2.79. The smallest absolute Gasteiger partial charge is 0.0535 e. The predicted molar refractivity (Wildman–Crippen MR) is 60.6 cm³/mol. The molecule has 15 heavy (non-hydrogen) atoms. The highest BCUT2D eigenvalue weighted by Gasteiger charge is 2.22. The minimum atomic E-state index is 0.821. The fourth-order valence-electron chi connectivity index (χ4n) is 2.29. The van der Waals surface area contributed by atoms with Crippen LogP contribution in [0.4, 0.5) is 0 Å². The van der Waals surface area contributed by atoms with Gasteiger partial charge < -0.3 is 5.32 Å². The molecule has 2 N–H and O–H groups in total. The summed E-state index contributed by atoms with van der Waals surface area (Å²) < 4.78 is 0. The Hall–Kier alpha value is -0.870. The van der Waals surface area contributed by atoms with Crippen molar-refractivity contribution in [1.82, 2.24) is 20.4 Å². The van der Waals surface area contributed by atoms with Crippen LogP contribution < -0.4 is 5.32 Å². The Morgan fingerprint density at radius 3 is 3.20 bits per heavy atom. The van der Waals surface area contributed by atoms with E-state index < -0.39 is 0 Å². The van der Waals surface area contributed by atoms with Gasteiger partial charge in [-0.25, -0.2) is 0 Å². The Bertz CT molecular complexity index is 307. The lowest BCUT2D eigenvalue weighted by atomic mass is 10.1. The maximum Gasteiger partial charge on any atom is 0.0535 e. The molecule has 4 nitrogen and oxygen atoms in total. The highest BCUT2D eigenvalue weighted by molar-refractivity contribution is 5.14. The van der Waals surface area contributed by atoms with Crippen LogP contribution in [0.2, 0.25) is 0 Å². The van der Waals surface area contributed by atoms with E-state index in [1.165, 1.54) is 30.8 Å². The highest BCUT2D eigenvalue weighted by atomic mass is 15.2. The highest BCUT2D eigenvalue weighted by Crippen LogP contribution is 2.18. The molecule has 84 valence electrons. The quantitative estimate of drug-likeness (QED) is 0.768. The molecule has 0 radical (unpaired) electrons. The molecule has 4 heteroatoms. The third-order valence-corrected chi connectivity index (χ3v) is 3.19. The van der Waals surface area contributed by atoms with Crippen LogP contribution in [0.15, 0.2) is 6.20 Å². The first-order valence-corrected chi connectivity index (χ1v) is 5.65. The summed E-state index contributed by atoms with van der Waals surface area (Å²) in [6.45, 7) is 6.70. The zero-order valence-electron chi connectivity index (χ0n) is 9.58. The summed E-state index contributed by atoms with van der Waals surface area (Å²) >= 11 is 0. The topological polar surface area (TPSA) is 44.0 Å². The van der Waals surface area contributed by atoms with Gasteiger partial charge >= 0.3 is 0 Å². The monoisotopic (exact) mass is 208 g/mol. The van der Waals surface area contributed by atoms with Crippen LogP contribution in [-0.2, 0) is 6.54 Å². The lowest BCUT2D eigenvalue weighted by Crippen LogP contribution is -2.24. The van der Waals surface area contributed by atoms with Crippen molar-refractivity contribution in [3.8, 4) is 0 Å². The standard InChI is InChI=1S/C11H20N4/c1-9-11(6-13-14-9)8-15-4-3-10(7-15)5-12-2/h6,10,12H,3-5,7-8H2,1-2H3,(H,13,14). The normalized spacial score (nSPS) is 22.4. The van der Waals surface area contributed by atoms with Crippen LogP contribution in [0.1, 0.15) is 17.7 Å². The molecule has 1 aliphatic rings. The average molecular weight is 208 g/mol. The summed E-state index contributed by atoms with van der Waals surface area (Å²) in [7, 11) is 2.03. The van der Waals surface area contributed by atoms with Gasteiger partial charge in [0, 0.05) is 24.3 Å². The third kappa shape index (κ3) is 2.58. The molecular formula is C11H20N4. The molecule has 1 fully saturated rings. The molecule has 0 aliphatic carbocycles. The second kappa shape index (κ2) is 4.77. The van der Waals surface area contributed by atoms with Crippen LogP contribution >= 0.6 is 0 Å². The predicted octanol–water partition coefficient (Wildman–Crippen LogP) is 0.759. The molecular weight excluding hydrogens is 188 g/mol. The van der Waals surface area contributed by atoms with Crippen LogP contribution in [0.25, 0.3) is 0 Å². The maximum absolute atomic E-state index is 4.06. The molecule has 0 spiro atoms. The first-order chi connectivity index (χ1) is 7.29. The fraction of sp³-hybridized carbons (Fsp3) is 0.727. The number of hydrogen-bond donors (Lipinski definition) is 2. The first-order valence-electron chi connectivity index (χ1n) is 5.65. The van der Waals surface area contributed by atoms with E-state index in [1.54, 1.807) is 0 Å². The molecule has 2 heterocycles. The maximum atomic E-state index is 4.06. The van der Waals surface area contributed by atoms with E-state index in [0.717, 1.165) is 19.0 Å². The number of nitrogens with one attached hydrogen (secondary N) is 2. The van der Waals surface area contributed by atoms with Gasteiger partial charge in [0.15, 0.2) is 0 Å². The number of likely N-dealkylation sites (tertiary alicyclic amines) is 1. The van der Waals surface area contributed by atoms with E-state index in [-0.39, 0.29) is 0 Å². The second-order valence-electron chi connectivity index (χ2n) is 4.47. The number of nitrogens with zero attached hydrogens (tertiary/aromatic N) is 2. The Kier molecular flexibility index (Phi) is 3.38. The van der Waals surface area contributed by atoms with Crippen molar-refractivity contribution in [2.45, 2.75) is 19.9 Å². The molecule has 1 aliphatic heterocycles. The molecule has 2 rings (SSSR count). The van der Waals surface area contributed by atoms with Crippen molar-refractivity contribution in [2.24, 2.45) is 5.92 Å². The van der Waals surface area contributed by atoms with Crippen LogP contribution in [-0.4, -0.2) is 41.8 Å². The number of rotatable bonds is 4. The molecule has 0 aromatic carbocycles. The van der Waals surface area contributed by atoms with Crippen molar-refractivity contribution in [2.75, 3.05) is 26.7 Å². The van der Waals surface area contributed by atoms with E-state index >= 15 is 0 Å². The summed E-state index contributed by atoms with van der Waals surface area (Å²) in [5.74, 6) is 0.821. The van der Waals surface area contributed by atoms with Gasteiger partial charge in [-0.1, -0.05) is 0 Å². The molecule has 1 aromatic heterocycles. The zero-order chi connectivity index (χ0) is 10.7. The van der Waals surface area contributed by atoms with Gasteiger partial charge in [0.1, 0.15) is 0 Å². The zero-order valence-corrected chi connectivity index (χ0v) is 9.58. The summed E-state index contributed by atoms with van der Waals surface area (Å²) in [4.78, 5) is 2.51. The van der Waals surface area contributed by atoms with Crippen molar-refractivity contribution < 1.29 is 0 Å². The molecule has 0 amide bonds. The van der Waals surface area contributed by atoms with E-state index in [2.05, 4.69) is 27.3 Å². The molecule has 1 unspecified atom stereocenters. The van der Waals surface area contributed by atoms with Crippen LogP contribution in [0.5, 0.6) is 0 Å².